The summed E-state index contributed by atoms with van der Waals surface area (Å²) in [5, 5.41) is 5.89. The lowest BCUT2D eigenvalue weighted by molar-refractivity contribution is 0.0734. The minimum absolute atomic E-state index is 0.329. The Morgan fingerprint density at radius 2 is 1.70 bits per heavy atom. The summed E-state index contributed by atoms with van der Waals surface area (Å²) in [5.41, 5.74) is 3.94. The molecule has 164 valence electrons. The zero-order valence-electron chi connectivity index (χ0n) is 17.6. The third-order valence-corrected chi connectivity index (χ3v) is 5.40. The zero-order chi connectivity index (χ0) is 23.2. The molecule has 0 heterocycles. The van der Waals surface area contributed by atoms with Gasteiger partial charge in [0.05, 0.1) is 18.9 Å². The van der Waals surface area contributed by atoms with Crippen LogP contribution in [0.25, 0.3) is 10.8 Å². The Morgan fingerprint density at radius 1 is 0.909 bits per heavy atom. The van der Waals surface area contributed by atoms with Crippen LogP contribution >= 0.6 is 15.9 Å². The maximum atomic E-state index is 12.7. The second-order valence-corrected chi connectivity index (χ2v) is 7.94. The van der Waals surface area contributed by atoms with Crippen molar-refractivity contribution in [2.75, 3.05) is 7.11 Å². The topological polar surface area (TPSA) is 77.0 Å². The van der Waals surface area contributed by atoms with E-state index in [0.717, 1.165) is 15.2 Å². The van der Waals surface area contributed by atoms with Crippen molar-refractivity contribution in [2.45, 2.75) is 0 Å². The summed E-state index contributed by atoms with van der Waals surface area (Å²) in [4.78, 5) is 25.1. The molecule has 0 spiro atoms. The lowest BCUT2D eigenvalue weighted by Gasteiger charge is -2.11. The number of nitrogens with zero attached hydrogens (tertiary/aromatic N) is 1. The third kappa shape index (κ3) is 5.27. The van der Waals surface area contributed by atoms with Gasteiger partial charge in [-0.05, 0) is 59.3 Å². The molecule has 4 aromatic carbocycles. The zero-order valence-corrected chi connectivity index (χ0v) is 19.2. The minimum atomic E-state index is -0.513. The summed E-state index contributed by atoms with van der Waals surface area (Å²) in [6, 6.07) is 24.9. The lowest BCUT2D eigenvalue weighted by Crippen LogP contribution is -2.17. The molecule has 0 aliphatic rings. The predicted molar refractivity (Wildman–Crippen MR) is 131 cm³/mol. The number of ether oxygens (including phenoxy) is 2. The van der Waals surface area contributed by atoms with Gasteiger partial charge < -0.3 is 9.47 Å². The van der Waals surface area contributed by atoms with Crippen LogP contribution in [-0.2, 0) is 0 Å². The monoisotopic (exact) mass is 502 g/mol. The van der Waals surface area contributed by atoms with E-state index >= 15 is 0 Å². The van der Waals surface area contributed by atoms with E-state index in [1.54, 1.807) is 55.6 Å². The van der Waals surface area contributed by atoms with Crippen LogP contribution in [0.1, 0.15) is 26.3 Å². The fourth-order valence-corrected chi connectivity index (χ4v) is 3.63. The standard InChI is InChI=1S/C26H19BrN2O4/c1-32-21-12-9-18(10-13-21)26(31)33-24-14-11-17-5-2-3-8-22(17)23(24)16-28-29-25(30)19-6-4-7-20(27)15-19/h2-16H,1H3,(H,29,30)/b28-16-. The van der Waals surface area contributed by atoms with Crippen LogP contribution in [0.15, 0.2) is 94.5 Å². The van der Waals surface area contributed by atoms with E-state index in [-0.39, 0.29) is 5.91 Å². The Morgan fingerprint density at radius 3 is 2.45 bits per heavy atom. The maximum Gasteiger partial charge on any atom is 0.343 e. The molecule has 7 heteroatoms. The number of esters is 1. The average molecular weight is 503 g/mol. The number of carbonyl (C=O) groups excluding carboxylic acids is 2. The van der Waals surface area contributed by atoms with E-state index in [1.807, 2.05) is 36.4 Å². The Hall–Kier alpha value is -3.97. The first-order valence-electron chi connectivity index (χ1n) is 10.0. The van der Waals surface area contributed by atoms with Crippen LogP contribution in [0.2, 0.25) is 0 Å². The number of rotatable bonds is 6. The highest BCUT2D eigenvalue weighted by Crippen LogP contribution is 2.27. The first-order chi connectivity index (χ1) is 16.0. The molecule has 0 bridgehead atoms. The number of hydrogen-bond donors (Lipinski definition) is 1. The Bertz CT molecular complexity index is 1350. The smallest absolute Gasteiger partial charge is 0.343 e. The van der Waals surface area contributed by atoms with Crippen LogP contribution in [0.5, 0.6) is 11.5 Å². The molecular weight excluding hydrogens is 484 g/mol. The average Bonchev–Trinajstić information content (AvgIpc) is 2.85. The van der Waals surface area contributed by atoms with Gasteiger partial charge in [0.2, 0.25) is 0 Å². The second-order valence-electron chi connectivity index (χ2n) is 7.03. The van der Waals surface area contributed by atoms with Gasteiger partial charge in [-0.2, -0.15) is 5.10 Å². The van der Waals surface area contributed by atoms with E-state index < -0.39 is 5.97 Å². The normalized spacial score (nSPS) is 10.8. The molecule has 0 fully saturated rings. The summed E-state index contributed by atoms with van der Waals surface area (Å²) in [6.07, 6.45) is 1.48. The molecular formula is C26H19BrN2O4. The van der Waals surface area contributed by atoms with Crippen molar-refractivity contribution in [3.8, 4) is 11.5 Å². The van der Waals surface area contributed by atoms with Gasteiger partial charge in [-0.3, -0.25) is 4.79 Å². The van der Waals surface area contributed by atoms with Gasteiger partial charge in [0.1, 0.15) is 11.5 Å². The minimum Gasteiger partial charge on any atom is -0.497 e. The molecule has 0 aromatic heterocycles. The van der Waals surface area contributed by atoms with Gasteiger partial charge in [0.25, 0.3) is 5.91 Å². The summed E-state index contributed by atoms with van der Waals surface area (Å²) in [5.74, 6) is 0.103. The molecule has 4 rings (SSSR count). The second kappa shape index (κ2) is 10.1. The largest absolute Gasteiger partial charge is 0.497 e. The van der Waals surface area contributed by atoms with Gasteiger partial charge in [-0.15, -0.1) is 0 Å². The number of benzene rings is 4. The fraction of sp³-hybridized carbons (Fsp3) is 0.0385. The fourth-order valence-electron chi connectivity index (χ4n) is 3.23. The number of fused-ring (bicyclic) bond motifs is 1. The van der Waals surface area contributed by atoms with Crippen LogP contribution < -0.4 is 14.9 Å². The Balaban J connectivity index is 1.61. The molecule has 0 radical (unpaired) electrons. The molecule has 0 saturated carbocycles. The maximum absolute atomic E-state index is 12.7. The van der Waals surface area contributed by atoms with Crippen LogP contribution in [0.4, 0.5) is 0 Å². The molecule has 33 heavy (non-hydrogen) atoms. The number of nitrogens with one attached hydrogen (secondary N) is 1. The summed E-state index contributed by atoms with van der Waals surface area (Å²) < 4.78 is 11.6. The predicted octanol–water partition coefficient (Wildman–Crippen LogP) is 5.59. The number of hydrogen-bond acceptors (Lipinski definition) is 5. The molecule has 6 nitrogen and oxygen atoms in total. The molecule has 0 saturated heterocycles. The Kier molecular flexibility index (Phi) is 6.80. The summed E-state index contributed by atoms with van der Waals surface area (Å²) >= 11 is 3.35. The van der Waals surface area contributed by atoms with Crippen LogP contribution in [0.3, 0.4) is 0 Å². The van der Waals surface area contributed by atoms with E-state index in [4.69, 9.17) is 9.47 Å². The van der Waals surface area contributed by atoms with E-state index in [1.165, 1.54) is 6.21 Å². The van der Waals surface area contributed by atoms with Gasteiger partial charge in [-0.25, -0.2) is 10.2 Å². The Labute approximate surface area is 199 Å². The van der Waals surface area contributed by atoms with Crippen molar-refractivity contribution in [2.24, 2.45) is 5.10 Å². The van der Waals surface area contributed by atoms with Gasteiger partial charge >= 0.3 is 5.97 Å². The molecule has 0 unspecified atom stereocenters. The van der Waals surface area contributed by atoms with E-state index in [2.05, 4.69) is 26.5 Å². The first-order valence-corrected chi connectivity index (χ1v) is 10.8. The SMILES string of the molecule is COc1ccc(C(=O)Oc2ccc3ccccc3c2/C=N\NC(=O)c2cccc(Br)c2)cc1. The number of hydrazone groups is 1. The van der Waals surface area contributed by atoms with E-state index in [9.17, 15) is 9.59 Å². The number of amides is 1. The third-order valence-electron chi connectivity index (χ3n) is 4.91. The highest BCUT2D eigenvalue weighted by molar-refractivity contribution is 9.10. The number of methoxy groups -OCH3 is 1. The van der Waals surface area contributed by atoms with Crippen molar-refractivity contribution >= 4 is 44.8 Å². The van der Waals surface area contributed by atoms with Crippen molar-refractivity contribution in [1.29, 1.82) is 0 Å². The van der Waals surface area contributed by atoms with Crippen molar-refractivity contribution < 1.29 is 19.1 Å². The van der Waals surface area contributed by atoms with Crippen LogP contribution in [-0.4, -0.2) is 25.2 Å². The number of carbonyl (C=O) groups is 2. The summed E-state index contributed by atoms with van der Waals surface area (Å²) in [6.45, 7) is 0. The quantitative estimate of drug-likeness (QED) is 0.161. The molecule has 1 N–H and O–H groups in total. The lowest BCUT2D eigenvalue weighted by atomic mass is 10.0. The molecule has 0 aliphatic carbocycles. The van der Waals surface area contributed by atoms with Crippen molar-refractivity contribution in [3.05, 3.63) is 106 Å². The first kappa shape index (κ1) is 22.2. The highest BCUT2D eigenvalue weighted by atomic mass is 79.9. The summed E-state index contributed by atoms with van der Waals surface area (Å²) in [7, 11) is 1.56. The molecule has 1 amide bonds. The number of halogens is 1. The highest BCUT2D eigenvalue weighted by Gasteiger charge is 2.14. The molecule has 0 atom stereocenters. The molecule has 4 aromatic rings. The van der Waals surface area contributed by atoms with E-state index in [0.29, 0.717) is 28.2 Å². The molecule has 0 aliphatic heterocycles. The van der Waals surface area contributed by atoms with Crippen molar-refractivity contribution in [1.82, 2.24) is 5.43 Å². The van der Waals surface area contributed by atoms with Gasteiger partial charge in [-0.1, -0.05) is 52.3 Å². The van der Waals surface area contributed by atoms with Gasteiger partial charge in [0.15, 0.2) is 0 Å². The van der Waals surface area contributed by atoms with Crippen LogP contribution in [0, 0.1) is 0 Å². The van der Waals surface area contributed by atoms with Crippen molar-refractivity contribution in [3.63, 3.8) is 0 Å². The van der Waals surface area contributed by atoms with Gasteiger partial charge in [0, 0.05) is 15.6 Å².